The average Bonchev–Trinajstić information content (AvgIpc) is 3.11. The Labute approximate surface area is 161 Å². The predicted molar refractivity (Wildman–Crippen MR) is 102 cm³/mol. The molecule has 1 aliphatic rings. The minimum atomic E-state index is -0.612. The fourth-order valence-corrected chi connectivity index (χ4v) is 3.27. The molecular weight excluding hydrogens is 358 g/mol. The van der Waals surface area contributed by atoms with Crippen molar-refractivity contribution in [1.29, 1.82) is 0 Å². The third-order valence-electron chi connectivity index (χ3n) is 4.51. The summed E-state index contributed by atoms with van der Waals surface area (Å²) in [6.45, 7) is 2.16. The quantitative estimate of drug-likeness (QED) is 0.665. The lowest BCUT2D eigenvalue weighted by Crippen LogP contribution is -2.46. The predicted octanol–water partition coefficient (Wildman–Crippen LogP) is 2.30. The summed E-state index contributed by atoms with van der Waals surface area (Å²) >= 11 is 0. The van der Waals surface area contributed by atoms with Crippen molar-refractivity contribution in [3.8, 4) is 0 Å². The summed E-state index contributed by atoms with van der Waals surface area (Å²) in [4.78, 5) is 25.1. The second-order valence-corrected chi connectivity index (χ2v) is 6.29. The topological polar surface area (TPSA) is 98.1 Å². The number of amides is 2. The summed E-state index contributed by atoms with van der Waals surface area (Å²) in [6, 6.07) is 15.8. The Bertz CT molecular complexity index is 1060. The van der Waals surface area contributed by atoms with E-state index in [1.807, 2.05) is 54.6 Å². The lowest BCUT2D eigenvalue weighted by Gasteiger charge is -2.29. The second-order valence-electron chi connectivity index (χ2n) is 6.29. The maximum Gasteiger partial charge on any atom is 0.338 e. The van der Waals surface area contributed by atoms with Gasteiger partial charge in [-0.1, -0.05) is 47.7 Å². The number of nitrogens with zero attached hydrogens (tertiary/aromatic N) is 3. The normalized spacial score (nSPS) is 16.6. The molecule has 0 radical (unpaired) electrons. The van der Waals surface area contributed by atoms with Crippen molar-refractivity contribution >= 4 is 23.0 Å². The Morgan fingerprint density at radius 1 is 1.14 bits per heavy atom. The smallest absolute Gasteiger partial charge is 0.338 e. The van der Waals surface area contributed by atoms with Gasteiger partial charge in [0, 0.05) is 0 Å². The molecule has 0 saturated carbocycles. The molecule has 2 amide bonds. The number of carbonyl (C=O) groups is 2. The van der Waals surface area contributed by atoms with Crippen molar-refractivity contribution in [3.05, 3.63) is 71.4 Å². The van der Waals surface area contributed by atoms with E-state index in [2.05, 4.69) is 20.9 Å². The van der Waals surface area contributed by atoms with E-state index in [1.165, 1.54) is 0 Å². The van der Waals surface area contributed by atoms with Gasteiger partial charge in [-0.2, -0.15) is 0 Å². The number of para-hydroxylation sites is 1. The van der Waals surface area contributed by atoms with Crippen LogP contribution in [-0.4, -0.2) is 33.6 Å². The molecule has 4 rings (SSSR count). The number of benzene rings is 2. The Morgan fingerprint density at radius 3 is 2.68 bits per heavy atom. The Hall–Kier alpha value is -3.68. The van der Waals surface area contributed by atoms with E-state index in [9.17, 15) is 9.59 Å². The highest BCUT2D eigenvalue weighted by Gasteiger charge is 2.34. The van der Waals surface area contributed by atoms with E-state index in [1.54, 1.807) is 11.6 Å². The van der Waals surface area contributed by atoms with Gasteiger partial charge in [-0.05, 0) is 24.6 Å². The summed E-state index contributed by atoms with van der Waals surface area (Å²) in [5.74, 6) is -0.483. The standard InChI is InChI=1S/C20H19N5O3/c1-2-28-19(26)17-15(12-25-16-11-7-6-10-14(16)23-24-25)21-20(27)22-18(17)13-8-4-3-5-9-13/h3-11,18H,2,12H2,1H3,(H2,21,22,27)/t18-/m0/s1. The number of nitrogens with one attached hydrogen (secondary N) is 2. The molecule has 0 spiro atoms. The van der Waals surface area contributed by atoms with E-state index < -0.39 is 12.0 Å². The van der Waals surface area contributed by atoms with Crippen LogP contribution in [0.15, 0.2) is 65.9 Å². The van der Waals surface area contributed by atoms with Crippen molar-refractivity contribution in [3.63, 3.8) is 0 Å². The van der Waals surface area contributed by atoms with Gasteiger partial charge in [0.2, 0.25) is 0 Å². The summed E-state index contributed by atoms with van der Waals surface area (Å²) < 4.78 is 6.92. The molecule has 0 saturated heterocycles. The number of allylic oxidation sites excluding steroid dienone is 1. The minimum Gasteiger partial charge on any atom is -0.463 e. The highest BCUT2D eigenvalue weighted by atomic mass is 16.5. The van der Waals surface area contributed by atoms with E-state index >= 15 is 0 Å². The number of rotatable bonds is 5. The number of fused-ring (bicyclic) bond motifs is 1. The number of urea groups is 1. The number of esters is 1. The van der Waals surface area contributed by atoms with Crippen LogP contribution < -0.4 is 10.6 Å². The zero-order valence-corrected chi connectivity index (χ0v) is 15.3. The summed E-state index contributed by atoms with van der Waals surface area (Å²) in [5.41, 5.74) is 3.13. The van der Waals surface area contributed by atoms with Crippen LogP contribution in [0.4, 0.5) is 4.79 Å². The molecule has 0 unspecified atom stereocenters. The molecule has 0 aliphatic carbocycles. The average molecular weight is 377 g/mol. The molecule has 28 heavy (non-hydrogen) atoms. The largest absolute Gasteiger partial charge is 0.463 e. The molecule has 142 valence electrons. The fraction of sp³-hybridized carbons (Fsp3) is 0.200. The molecule has 8 nitrogen and oxygen atoms in total. The number of hydrogen-bond donors (Lipinski definition) is 2. The lowest BCUT2D eigenvalue weighted by atomic mass is 9.95. The van der Waals surface area contributed by atoms with Crippen LogP contribution >= 0.6 is 0 Å². The number of aromatic nitrogens is 3. The molecule has 1 atom stereocenters. The minimum absolute atomic E-state index is 0.186. The van der Waals surface area contributed by atoms with E-state index in [0.717, 1.165) is 16.6 Å². The van der Waals surface area contributed by atoms with Gasteiger partial charge >= 0.3 is 12.0 Å². The summed E-state index contributed by atoms with van der Waals surface area (Å²) in [7, 11) is 0. The van der Waals surface area contributed by atoms with Crippen LogP contribution in [0.1, 0.15) is 18.5 Å². The lowest BCUT2D eigenvalue weighted by molar-refractivity contribution is -0.139. The first-order chi connectivity index (χ1) is 13.7. The van der Waals surface area contributed by atoms with E-state index in [4.69, 9.17) is 4.74 Å². The van der Waals surface area contributed by atoms with Gasteiger partial charge < -0.3 is 15.4 Å². The van der Waals surface area contributed by atoms with E-state index in [-0.39, 0.29) is 19.2 Å². The fourth-order valence-electron chi connectivity index (χ4n) is 3.27. The molecule has 0 fully saturated rings. The van der Waals surface area contributed by atoms with Crippen molar-refractivity contribution in [2.45, 2.75) is 19.5 Å². The van der Waals surface area contributed by atoms with Crippen molar-refractivity contribution in [2.75, 3.05) is 6.61 Å². The van der Waals surface area contributed by atoms with Crippen LogP contribution in [0.5, 0.6) is 0 Å². The van der Waals surface area contributed by atoms with Crippen LogP contribution in [0.3, 0.4) is 0 Å². The number of hydrogen-bond acceptors (Lipinski definition) is 5. The van der Waals surface area contributed by atoms with Crippen LogP contribution in [0, 0.1) is 0 Å². The third kappa shape index (κ3) is 3.32. The van der Waals surface area contributed by atoms with Gasteiger partial charge in [0.1, 0.15) is 5.52 Å². The van der Waals surface area contributed by atoms with Gasteiger partial charge in [0.15, 0.2) is 0 Å². The second kappa shape index (κ2) is 7.51. The maximum absolute atomic E-state index is 12.8. The zero-order chi connectivity index (χ0) is 19.5. The first-order valence-corrected chi connectivity index (χ1v) is 8.98. The molecule has 1 aromatic heterocycles. The molecule has 1 aliphatic heterocycles. The number of ether oxygens (including phenoxy) is 1. The van der Waals surface area contributed by atoms with Gasteiger partial charge in [0.25, 0.3) is 0 Å². The Balaban J connectivity index is 1.81. The first-order valence-electron chi connectivity index (χ1n) is 8.98. The highest BCUT2D eigenvalue weighted by Crippen LogP contribution is 2.28. The van der Waals surface area contributed by atoms with Crippen LogP contribution in [-0.2, 0) is 16.1 Å². The molecule has 8 heteroatoms. The van der Waals surface area contributed by atoms with Gasteiger partial charge in [-0.3, -0.25) is 0 Å². The SMILES string of the molecule is CCOC(=O)C1=C(Cn2nnc3ccccc32)NC(=O)N[C@H]1c1ccccc1. The Morgan fingerprint density at radius 2 is 1.89 bits per heavy atom. The molecule has 2 N–H and O–H groups in total. The van der Waals surface area contributed by atoms with Gasteiger partial charge in [0.05, 0.1) is 36.0 Å². The van der Waals surface area contributed by atoms with Crippen molar-refractivity contribution in [1.82, 2.24) is 25.6 Å². The van der Waals surface area contributed by atoms with Gasteiger partial charge in [-0.15, -0.1) is 5.10 Å². The summed E-state index contributed by atoms with van der Waals surface area (Å²) in [5, 5.41) is 13.9. The van der Waals surface area contributed by atoms with Crippen LogP contribution in [0.25, 0.3) is 11.0 Å². The van der Waals surface area contributed by atoms with Crippen molar-refractivity contribution in [2.24, 2.45) is 0 Å². The van der Waals surface area contributed by atoms with E-state index in [0.29, 0.717) is 11.3 Å². The molecular formula is C20H19N5O3. The molecule has 2 aromatic carbocycles. The highest BCUT2D eigenvalue weighted by molar-refractivity contribution is 5.95. The monoisotopic (exact) mass is 377 g/mol. The third-order valence-corrected chi connectivity index (χ3v) is 4.51. The number of carbonyl (C=O) groups excluding carboxylic acids is 2. The van der Waals surface area contributed by atoms with Crippen molar-refractivity contribution < 1.29 is 14.3 Å². The molecule has 3 aromatic rings. The zero-order valence-electron chi connectivity index (χ0n) is 15.3. The molecule has 0 bridgehead atoms. The Kier molecular flexibility index (Phi) is 4.76. The van der Waals surface area contributed by atoms with Crippen LogP contribution in [0.2, 0.25) is 0 Å². The maximum atomic E-state index is 12.8. The molecule has 2 heterocycles. The van der Waals surface area contributed by atoms with Gasteiger partial charge in [-0.25, -0.2) is 14.3 Å². The first kappa shape index (κ1) is 17.7. The summed E-state index contributed by atoms with van der Waals surface area (Å²) in [6.07, 6.45) is 0.